The summed E-state index contributed by atoms with van der Waals surface area (Å²) in [6.07, 6.45) is -0.393. The van der Waals surface area contributed by atoms with Gasteiger partial charge in [0.2, 0.25) is 5.91 Å². The molecule has 4 atom stereocenters. The smallest absolute Gasteiger partial charge is 0.409 e. The number of carboxylic acid groups (broad SMARTS) is 1. The van der Waals surface area contributed by atoms with Crippen molar-refractivity contribution in [2.24, 2.45) is 23.7 Å². The van der Waals surface area contributed by atoms with E-state index in [0.717, 1.165) is 5.56 Å². The zero-order chi connectivity index (χ0) is 29.3. The molecule has 2 saturated heterocycles. The van der Waals surface area contributed by atoms with Crippen LogP contribution in [0.25, 0.3) is 11.4 Å². The molecule has 1 aromatic heterocycles. The number of aromatic nitrogens is 2. The van der Waals surface area contributed by atoms with Gasteiger partial charge in [-0.15, -0.1) is 0 Å². The van der Waals surface area contributed by atoms with Crippen molar-refractivity contribution in [2.75, 3.05) is 50.8 Å². The highest BCUT2D eigenvalue weighted by atomic mass is 16.6. The first kappa shape index (κ1) is 28.3. The quantitative estimate of drug-likeness (QED) is 0.491. The molecule has 0 radical (unpaired) electrons. The van der Waals surface area contributed by atoms with Crippen LogP contribution in [-0.4, -0.2) is 101 Å². The third-order valence-electron chi connectivity index (χ3n) is 8.12. The van der Waals surface area contributed by atoms with Gasteiger partial charge in [0.15, 0.2) is 5.82 Å². The Balaban J connectivity index is 1.33. The van der Waals surface area contributed by atoms with E-state index >= 15 is 0 Å². The standard InChI is InChI=1S/C29H36N6O6/c1-4-41-29(40)34-12-10-33(11-13-34)27(37)24(17(2)3)32-26(36)21-14-22(31-25(30-21)18-8-6-5-7-9-18)35-15-19-20(16-35)23(19)28(38)39/h5-9,14,17,19-20,23-24H,4,10-13,15-16H2,1-3H3,(H,32,36)(H,38,39)/t19-,20+,23-,24-/m0/s1. The van der Waals surface area contributed by atoms with E-state index in [4.69, 9.17) is 9.72 Å². The number of amides is 3. The summed E-state index contributed by atoms with van der Waals surface area (Å²) >= 11 is 0. The van der Waals surface area contributed by atoms with Crippen molar-refractivity contribution in [3.8, 4) is 11.4 Å². The van der Waals surface area contributed by atoms with Crippen molar-refractivity contribution in [3.05, 3.63) is 42.1 Å². The van der Waals surface area contributed by atoms with Crippen LogP contribution in [0.5, 0.6) is 0 Å². The zero-order valence-electron chi connectivity index (χ0n) is 23.5. The number of hydrogen-bond acceptors (Lipinski definition) is 8. The van der Waals surface area contributed by atoms with Crippen LogP contribution >= 0.6 is 0 Å². The number of benzene rings is 1. The maximum Gasteiger partial charge on any atom is 0.409 e. The first-order chi connectivity index (χ1) is 19.7. The number of nitrogens with one attached hydrogen (secondary N) is 1. The second-order valence-electron chi connectivity index (χ2n) is 11.1. The molecule has 2 N–H and O–H groups in total. The molecule has 2 aliphatic heterocycles. The van der Waals surface area contributed by atoms with Gasteiger partial charge < -0.3 is 29.9 Å². The number of rotatable bonds is 8. The number of nitrogens with zero attached hydrogens (tertiary/aromatic N) is 5. The molecule has 1 saturated carbocycles. The minimum absolute atomic E-state index is 0.0761. The lowest BCUT2D eigenvalue weighted by molar-refractivity contribution is -0.139. The average molecular weight is 565 g/mol. The van der Waals surface area contributed by atoms with Crippen LogP contribution in [-0.2, 0) is 14.3 Å². The fourth-order valence-electron chi connectivity index (χ4n) is 5.76. The predicted molar refractivity (Wildman–Crippen MR) is 149 cm³/mol. The van der Waals surface area contributed by atoms with E-state index in [9.17, 15) is 24.3 Å². The third-order valence-corrected chi connectivity index (χ3v) is 8.12. The van der Waals surface area contributed by atoms with Crippen molar-refractivity contribution in [2.45, 2.75) is 26.8 Å². The summed E-state index contributed by atoms with van der Waals surface area (Å²) in [7, 11) is 0. The minimum Gasteiger partial charge on any atom is -0.481 e. The van der Waals surface area contributed by atoms with Crippen molar-refractivity contribution < 1.29 is 29.0 Å². The van der Waals surface area contributed by atoms with Crippen molar-refractivity contribution in [3.63, 3.8) is 0 Å². The maximum atomic E-state index is 13.6. The molecular formula is C29H36N6O6. The molecule has 0 unspecified atom stereocenters. The largest absolute Gasteiger partial charge is 0.481 e. The molecule has 3 amide bonds. The van der Waals surface area contributed by atoms with Crippen LogP contribution in [0.4, 0.5) is 10.6 Å². The maximum absolute atomic E-state index is 13.6. The molecule has 12 heteroatoms. The van der Waals surface area contributed by atoms with Gasteiger partial charge in [-0.3, -0.25) is 14.4 Å². The van der Waals surface area contributed by atoms with Gasteiger partial charge in [0.1, 0.15) is 17.6 Å². The van der Waals surface area contributed by atoms with Crippen LogP contribution in [0.3, 0.4) is 0 Å². The summed E-state index contributed by atoms with van der Waals surface area (Å²) in [5, 5.41) is 12.3. The number of anilines is 1. The van der Waals surface area contributed by atoms with Crippen molar-refractivity contribution in [1.82, 2.24) is 25.1 Å². The Morgan fingerprint density at radius 1 is 1.00 bits per heavy atom. The molecule has 3 fully saturated rings. The minimum atomic E-state index is -0.786. The molecule has 1 aliphatic carbocycles. The van der Waals surface area contributed by atoms with Gasteiger partial charge in [-0.2, -0.15) is 0 Å². The van der Waals surface area contributed by atoms with E-state index in [1.165, 1.54) is 0 Å². The van der Waals surface area contributed by atoms with Gasteiger partial charge in [0.25, 0.3) is 5.91 Å². The first-order valence-corrected chi connectivity index (χ1v) is 14.1. The molecular weight excluding hydrogens is 528 g/mol. The number of fused-ring (bicyclic) bond motifs is 1. The fraction of sp³-hybridized carbons (Fsp3) is 0.517. The van der Waals surface area contributed by atoms with Crippen LogP contribution in [0.15, 0.2) is 36.4 Å². The van der Waals surface area contributed by atoms with Gasteiger partial charge >= 0.3 is 12.1 Å². The Morgan fingerprint density at radius 2 is 1.63 bits per heavy atom. The Bertz CT molecular complexity index is 1300. The first-order valence-electron chi connectivity index (χ1n) is 14.1. The summed E-state index contributed by atoms with van der Waals surface area (Å²) in [6.45, 7) is 8.30. The van der Waals surface area contributed by atoms with E-state index in [1.807, 2.05) is 49.1 Å². The van der Waals surface area contributed by atoms with Crippen molar-refractivity contribution in [1.29, 1.82) is 0 Å². The molecule has 1 aromatic carbocycles. The molecule has 12 nitrogen and oxygen atoms in total. The number of piperidine rings is 1. The van der Waals surface area contributed by atoms with Crippen LogP contribution in [0.1, 0.15) is 31.3 Å². The number of carbonyl (C=O) groups is 4. The van der Waals surface area contributed by atoms with Gasteiger partial charge in [-0.25, -0.2) is 14.8 Å². The lowest BCUT2D eigenvalue weighted by atomic mass is 10.0. The summed E-state index contributed by atoms with van der Waals surface area (Å²) in [4.78, 5) is 65.1. The van der Waals surface area contributed by atoms with Crippen molar-refractivity contribution >= 4 is 29.7 Å². The van der Waals surface area contributed by atoms with Crippen LogP contribution in [0, 0.1) is 23.7 Å². The van der Waals surface area contributed by atoms with Gasteiger partial charge in [-0.05, 0) is 24.7 Å². The highest BCUT2D eigenvalue weighted by Gasteiger charge is 2.60. The summed E-state index contributed by atoms with van der Waals surface area (Å²) in [5.41, 5.74) is 0.877. The van der Waals surface area contributed by atoms with Gasteiger partial charge in [0.05, 0.1) is 12.5 Å². The topological polar surface area (TPSA) is 145 Å². The number of hydrogen-bond donors (Lipinski definition) is 2. The van der Waals surface area contributed by atoms with Crippen LogP contribution < -0.4 is 10.2 Å². The molecule has 218 valence electrons. The number of aliphatic carboxylic acids is 1. The third kappa shape index (κ3) is 5.96. The predicted octanol–water partition coefficient (Wildman–Crippen LogP) is 1.97. The Hall–Kier alpha value is -4.22. The monoisotopic (exact) mass is 564 g/mol. The Kier molecular flexibility index (Phi) is 8.09. The zero-order valence-corrected chi connectivity index (χ0v) is 23.5. The van der Waals surface area contributed by atoms with E-state index in [1.54, 1.807) is 22.8 Å². The fourth-order valence-corrected chi connectivity index (χ4v) is 5.76. The summed E-state index contributed by atoms with van der Waals surface area (Å²) < 4.78 is 5.06. The lowest BCUT2D eigenvalue weighted by Gasteiger charge is -2.36. The van der Waals surface area contributed by atoms with E-state index < -0.39 is 24.0 Å². The molecule has 0 bridgehead atoms. The summed E-state index contributed by atoms with van der Waals surface area (Å²) in [5.74, 6) is -0.888. The SMILES string of the molecule is CCOC(=O)N1CCN(C(=O)[C@@H](NC(=O)c2cc(N3C[C@@H]4[C@H](C3)[C@@H]4C(=O)O)nc(-c3ccccc3)n2)C(C)C)CC1. The average Bonchev–Trinajstić information content (AvgIpc) is 3.49. The van der Waals surface area contributed by atoms with E-state index in [0.29, 0.717) is 50.9 Å². The van der Waals surface area contributed by atoms with E-state index in [-0.39, 0.29) is 41.9 Å². The molecule has 0 spiro atoms. The van der Waals surface area contributed by atoms with Gasteiger partial charge in [0, 0.05) is 50.9 Å². The molecule has 5 rings (SSSR count). The number of carbonyl (C=O) groups excluding carboxylic acids is 3. The molecule has 41 heavy (non-hydrogen) atoms. The second kappa shape index (κ2) is 11.7. The normalized spacial score (nSPS) is 22.2. The highest BCUT2D eigenvalue weighted by Crippen LogP contribution is 2.52. The Morgan fingerprint density at radius 3 is 2.22 bits per heavy atom. The second-order valence-corrected chi connectivity index (χ2v) is 11.1. The summed E-state index contributed by atoms with van der Waals surface area (Å²) in [6, 6.07) is 10.2. The van der Waals surface area contributed by atoms with Crippen LogP contribution in [0.2, 0.25) is 0 Å². The molecule has 2 aromatic rings. The highest BCUT2D eigenvalue weighted by molar-refractivity contribution is 5.97. The number of ether oxygens (including phenoxy) is 1. The molecule has 3 aliphatic rings. The number of carboxylic acids is 1. The van der Waals surface area contributed by atoms with Gasteiger partial charge in [-0.1, -0.05) is 44.2 Å². The lowest BCUT2D eigenvalue weighted by Crippen LogP contribution is -2.57. The molecule has 3 heterocycles. The van der Waals surface area contributed by atoms with E-state index in [2.05, 4.69) is 10.3 Å². The Labute approximate surface area is 238 Å². The number of piperazine rings is 1.